The molecule has 0 amide bonds. The molecule has 4 aliphatic rings. The first kappa shape index (κ1) is 76.9. The summed E-state index contributed by atoms with van der Waals surface area (Å²) in [5.74, 6) is 0.291. The van der Waals surface area contributed by atoms with Gasteiger partial charge < -0.3 is 105 Å². The molecule has 510 valence electrons. The van der Waals surface area contributed by atoms with Crippen LogP contribution >= 0.6 is 12.2 Å². The maximum Gasteiger partial charge on any atom is 1.00 e. The van der Waals surface area contributed by atoms with Gasteiger partial charge >= 0.3 is 59.1 Å². The van der Waals surface area contributed by atoms with E-state index in [1.807, 2.05) is 0 Å². The third-order valence-corrected chi connectivity index (χ3v) is 16.3. The van der Waals surface area contributed by atoms with E-state index in [0.29, 0.717) is 19.0 Å². The number of rotatable bonds is 17. The van der Waals surface area contributed by atoms with Gasteiger partial charge in [0.2, 0.25) is 16.3 Å². The number of hydrogen-bond donors (Lipinski definition) is 19. The summed E-state index contributed by atoms with van der Waals surface area (Å²) in [6, 6.07) is 0. The summed E-state index contributed by atoms with van der Waals surface area (Å²) in [6.45, 7) is -0.694. The van der Waals surface area contributed by atoms with Crippen molar-refractivity contribution in [1.82, 2.24) is 78.1 Å². The van der Waals surface area contributed by atoms with Crippen molar-refractivity contribution in [3.05, 3.63) is 71.5 Å². The molecule has 4 fully saturated rings. The molecule has 12 rings (SSSR count). The standard InChI is InChI=1S/C16H26N6O5.2C10H12N4O8S.C10H12N4O5S.2Na/c17-5-3-1-2-4-6-18-16-20-13-10(14(26)21-16)19-8-22(13)15-12(25)11(24)9(7-23)27-15;2*15-1-3-5(16)6(17)9(22-3)14-2-11-4-7(14)12-10(13-8(4)18)23(19,20)21;15-1-3-5(16)6(17)9(19-3)14-2-11-4-7(14)12-10(20)13-8(4)18;;/h8-9,11-12,15,23-25H,1-7,17H2,(H2,18,20,21,26);2*2-3,5-6,9,15-17H,1H2,(H,12,13,18)(H,19,20,21);2-3,5-6,9,15-17H,1H2,(H2,12,13,18,20);;/q;;;;2*+1/p-2/t9-,11+,12?,15-;3*3-,5+,6?,9-;;/m1111../s1. The van der Waals surface area contributed by atoms with Crippen LogP contribution in [0.3, 0.4) is 0 Å². The first-order valence-electron chi connectivity index (χ1n) is 27.5. The molecule has 8 aromatic heterocycles. The number of aliphatic hydroxyl groups is 12. The zero-order valence-electron chi connectivity index (χ0n) is 49.4. The Morgan fingerprint density at radius 3 is 1.16 bits per heavy atom. The largest absolute Gasteiger partial charge is 1.00 e. The molecule has 4 saturated heterocycles. The molecular formula is C46H60N18Na2O26S3. The van der Waals surface area contributed by atoms with Crippen molar-refractivity contribution < 1.29 is 165 Å². The van der Waals surface area contributed by atoms with Crippen molar-refractivity contribution in [2.45, 2.75) is 134 Å². The minimum Gasteiger partial charge on any atom is -0.742 e. The van der Waals surface area contributed by atoms with Crippen LogP contribution in [0.5, 0.6) is 0 Å². The third kappa shape index (κ3) is 16.2. The molecule has 95 heavy (non-hydrogen) atoms. The Bertz CT molecular complexity index is 4360. The first-order chi connectivity index (χ1) is 44.1. The van der Waals surface area contributed by atoms with Gasteiger partial charge in [-0.15, -0.1) is 0 Å². The molecule has 44 nitrogen and oxygen atoms in total. The van der Waals surface area contributed by atoms with Gasteiger partial charge in [0.1, 0.15) is 78.9 Å². The number of imidazole rings is 4. The minimum atomic E-state index is -5.03. The van der Waals surface area contributed by atoms with Crippen LogP contribution in [0.4, 0.5) is 5.95 Å². The second kappa shape index (κ2) is 32.0. The van der Waals surface area contributed by atoms with Gasteiger partial charge in [0.05, 0.1) is 51.7 Å². The van der Waals surface area contributed by atoms with E-state index < -0.39 is 177 Å². The van der Waals surface area contributed by atoms with Gasteiger partial charge in [-0.05, 0) is 31.6 Å². The minimum absolute atomic E-state index is 0. The Labute approximate surface area is 578 Å². The fraction of sp³-hybridized carbons (Fsp3) is 0.565. The molecule has 49 heteroatoms. The molecule has 16 atom stereocenters. The fourth-order valence-electron chi connectivity index (χ4n) is 10.0. The second-order valence-electron chi connectivity index (χ2n) is 20.8. The van der Waals surface area contributed by atoms with Crippen molar-refractivity contribution in [3.63, 3.8) is 0 Å². The number of hydrogen-bond acceptors (Lipinski definition) is 36. The number of fused-ring (bicyclic) bond motifs is 4. The summed E-state index contributed by atoms with van der Waals surface area (Å²) >= 11 is 4.88. The summed E-state index contributed by atoms with van der Waals surface area (Å²) < 4.78 is 92.4. The van der Waals surface area contributed by atoms with Gasteiger partial charge in [-0.1, -0.05) is 12.8 Å². The Morgan fingerprint density at radius 1 is 0.474 bits per heavy atom. The van der Waals surface area contributed by atoms with Crippen molar-refractivity contribution in [2.24, 2.45) is 5.73 Å². The Kier molecular flexibility index (Phi) is 25.9. The number of aliphatic hydroxyl groups excluding tert-OH is 12. The number of ether oxygens (including phenoxy) is 4. The van der Waals surface area contributed by atoms with E-state index in [9.17, 15) is 91.1 Å². The number of aromatic amines is 5. The quantitative estimate of drug-likeness (QED) is 0.0132. The van der Waals surface area contributed by atoms with Crippen LogP contribution < -0.4 is 92.4 Å². The van der Waals surface area contributed by atoms with Crippen molar-refractivity contribution >= 4 is 83.1 Å². The van der Waals surface area contributed by atoms with Crippen molar-refractivity contribution in [1.29, 1.82) is 0 Å². The van der Waals surface area contributed by atoms with Crippen LogP contribution in [-0.2, 0) is 39.2 Å². The number of nitrogens with zero attached hydrogens (tertiary/aromatic N) is 11. The number of anilines is 1. The molecule has 20 N–H and O–H groups in total. The number of nitrogens with two attached hydrogens (primary N) is 1. The molecule has 0 spiro atoms. The molecule has 0 aliphatic carbocycles. The van der Waals surface area contributed by atoms with Crippen LogP contribution in [0.1, 0.15) is 50.6 Å². The summed E-state index contributed by atoms with van der Waals surface area (Å²) in [6.07, 6.45) is -10.6. The summed E-state index contributed by atoms with van der Waals surface area (Å²) in [4.78, 5) is 85.7. The van der Waals surface area contributed by atoms with Gasteiger partial charge in [0, 0.05) is 6.54 Å². The first-order valence-corrected chi connectivity index (χ1v) is 30.7. The van der Waals surface area contributed by atoms with Gasteiger partial charge in [0.25, 0.3) is 22.2 Å². The predicted octanol–water partition coefficient (Wildman–Crippen LogP) is -15.7. The predicted molar refractivity (Wildman–Crippen MR) is 304 cm³/mol. The number of aromatic nitrogens is 16. The normalized spacial score (nSPS) is 27.4. The molecule has 4 aliphatic heterocycles. The molecular weight excluding hydrogens is 1360 g/mol. The topological polar surface area (TPSA) is 689 Å². The SMILES string of the molecule is NCCCCCCNc1nc2c(ncn2[C@@H]2O[C@H](CO)[C@H](O)C2O)c(=O)[nH]1.O=c1[nH]c(=S)[nH]c2c1ncn2[C@@H]1O[C@H](CO)[C@H](O)C1O.O=c1[nH]c(S(=O)(=O)[O-])nc2c1ncn2[C@@H]1O[C@H](CO)[C@H](O)C1O.O=c1[nH]c(S(=O)(=O)[O-])nc2c1ncn2[C@@H]1O[C@H](CO)[C@H](O)C1O.[Na+].[Na+]. The average molecular weight is 1420 g/mol. The van der Waals surface area contributed by atoms with Gasteiger partial charge in [-0.2, -0.15) is 4.98 Å². The van der Waals surface area contributed by atoms with Crippen LogP contribution in [0, 0.1) is 4.77 Å². The summed E-state index contributed by atoms with van der Waals surface area (Å²) in [5.41, 5.74) is 2.15. The van der Waals surface area contributed by atoms with E-state index in [1.165, 1.54) is 21.8 Å². The number of unbranched alkanes of at least 4 members (excludes halogenated alkanes) is 3. The van der Waals surface area contributed by atoms with Gasteiger partial charge in [-0.25, -0.2) is 46.7 Å². The Balaban J connectivity index is 0.000000179. The maximum absolute atomic E-state index is 12.3. The molecule has 0 aromatic carbocycles. The van der Waals surface area contributed by atoms with Crippen LogP contribution in [0.15, 0.2) is 54.8 Å². The fourth-order valence-corrected chi connectivity index (χ4v) is 11.1. The van der Waals surface area contributed by atoms with E-state index in [2.05, 4.69) is 55.2 Å². The zero-order valence-corrected chi connectivity index (χ0v) is 55.9. The Morgan fingerprint density at radius 2 is 0.800 bits per heavy atom. The van der Waals surface area contributed by atoms with Gasteiger partial charge in [0.15, 0.2) is 88.9 Å². The number of H-pyrrole nitrogens is 5. The molecule has 0 bridgehead atoms. The van der Waals surface area contributed by atoms with Crippen LogP contribution in [-0.4, -0.2) is 278 Å². The summed E-state index contributed by atoms with van der Waals surface area (Å²) in [5, 5.41) is 117. The van der Waals surface area contributed by atoms with E-state index in [0.717, 1.165) is 47.5 Å². The number of nitrogens with one attached hydrogen (secondary N) is 6. The molecule has 0 saturated carbocycles. The van der Waals surface area contributed by atoms with E-state index >= 15 is 0 Å². The zero-order chi connectivity index (χ0) is 67.7. The molecule has 12 heterocycles. The van der Waals surface area contributed by atoms with Crippen LogP contribution in [0.25, 0.3) is 44.7 Å². The van der Waals surface area contributed by atoms with Crippen molar-refractivity contribution in [2.75, 3.05) is 44.8 Å². The smallest absolute Gasteiger partial charge is 0.742 e. The van der Waals surface area contributed by atoms with Crippen molar-refractivity contribution in [3.8, 4) is 0 Å². The van der Waals surface area contributed by atoms with E-state index in [-0.39, 0.29) is 109 Å². The molecule has 4 unspecified atom stereocenters. The molecule has 0 radical (unpaired) electrons. The van der Waals surface area contributed by atoms with E-state index in [4.69, 9.17) is 52.2 Å². The maximum atomic E-state index is 12.3. The van der Waals surface area contributed by atoms with Gasteiger partial charge in [-0.3, -0.25) is 57.4 Å². The average Bonchev–Trinajstić information content (AvgIpc) is 1.66. The third-order valence-electron chi connectivity index (χ3n) is 14.8. The molecule has 8 aromatic rings. The van der Waals surface area contributed by atoms with E-state index in [1.54, 1.807) is 9.97 Å². The Hall–Kier alpha value is -5.44. The monoisotopic (exact) mass is 1420 g/mol. The second-order valence-corrected chi connectivity index (χ2v) is 23.8. The summed E-state index contributed by atoms with van der Waals surface area (Å²) in [7, 11) is -10.1. The van der Waals surface area contributed by atoms with Crippen LogP contribution in [0.2, 0.25) is 0 Å².